The quantitative estimate of drug-likeness (QED) is 0.357. The Morgan fingerprint density at radius 3 is 2.56 bits per heavy atom. The molecular formula is C26H25F3N4O3. The first-order valence-corrected chi connectivity index (χ1v) is 11.5. The summed E-state index contributed by atoms with van der Waals surface area (Å²) in [7, 11) is 0. The van der Waals surface area contributed by atoms with Crippen molar-refractivity contribution >= 4 is 28.0 Å². The molecule has 7 nitrogen and oxygen atoms in total. The minimum absolute atomic E-state index is 0.00515. The molecule has 2 aliphatic heterocycles. The first kappa shape index (κ1) is 23.9. The zero-order valence-electron chi connectivity index (χ0n) is 19.6. The molecule has 0 fully saturated rings. The topological polar surface area (TPSA) is 91.5 Å². The minimum Gasteiger partial charge on any atom is -0.485 e. The van der Waals surface area contributed by atoms with Crippen LogP contribution < -0.4 is 20.5 Å². The number of hydrogen-bond donors (Lipinski definition) is 2. The van der Waals surface area contributed by atoms with Crippen LogP contribution in [0.5, 0.6) is 11.5 Å². The number of nitrogens with zero attached hydrogens (tertiary/aromatic N) is 2. The Bertz CT molecular complexity index is 1370. The van der Waals surface area contributed by atoms with E-state index in [0.29, 0.717) is 72.5 Å². The molecule has 3 aromatic rings. The number of nitrogens with one attached hydrogen (secondary N) is 1. The molecule has 0 saturated heterocycles. The summed E-state index contributed by atoms with van der Waals surface area (Å²) in [6.45, 7) is 7.43. The SMILES string of the molecule is C=C[C@@H](Nc1nc(C)nc2c3c(c(C4=CCOCC4)cc12)OCCO3)c1cc(N)cc(C(F)(F)F)c1. The van der Waals surface area contributed by atoms with Crippen LogP contribution in [0, 0.1) is 6.92 Å². The Hall–Kier alpha value is -3.79. The van der Waals surface area contributed by atoms with E-state index in [9.17, 15) is 13.2 Å². The third-order valence-electron chi connectivity index (χ3n) is 6.09. The number of anilines is 2. The fourth-order valence-electron chi connectivity index (χ4n) is 4.46. The van der Waals surface area contributed by atoms with E-state index in [1.165, 1.54) is 12.1 Å². The van der Waals surface area contributed by atoms with Crippen molar-refractivity contribution in [1.82, 2.24) is 9.97 Å². The molecule has 3 N–H and O–H groups in total. The van der Waals surface area contributed by atoms with Gasteiger partial charge in [-0.15, -0.1) is 6.58 Å². The van der Waals surface area contributed by atoms with Gasteiger partial charge in [0.2, 0.25) is 0 Å². The van der Waals surface area contributed by atoms with Gasteiger partial charge in [0, 0.05) is 16.6 Å². The van der Waals surface area contributed by atoms with E-state index in [4.69, 9.17) is 19.9 Å². The normalized spacial score (nSPS) is 16.4. The molecule has 0 radical (unpaired) electrons. The molecule has 0 saturated carbocycles. The zero-order chi connectivity index (χ0) is 25.4. The number of halogens is 3. The van der Waals surface area contributed by atoms with Crippen LogP contribution in [-0.2, 0) is 10.9 Å². The van der Waals surface area contributed by atoms with Gasteiger partial charge >= 0.3 is 6.18 Å². The number of aromatic nitrogens is 2. The summed E-state index contributed by atoms with van der Waals surface area (Å²) < 4.78 is 57.7. The van der Waals surface area contributed by atoms with Crippen molar-refractivity contribution in [3.05, 3.63) is 65.5 Å². The second-order valence-electron chi connectivity index (χ2n) is 8.59. The molecule has 3 heterocycles. The van der Waals surface area contributed by atoms with Crippen molar-refractivity contribution in [2.75, 3.05) is 37.5 Å². The highest BCUT2D eigenvalue weighted by atomic mass is 19.4. The number of alkyl halides is 3. The lowest BCUT2D eigenvalue weighted by molar-refractivity contribution is -0.137. The molecule has 2 aliphatic rings. The van der Waals surface area contributed by atoms with Crippen molar-refractivity contribution < 1.29 is 27.4 Å². The van der Waals surface area contributed by atoms with Gasteiger partial charge in [0.25, 0.3) is 0 Å². The van der Waals surface area contributed by atoms with E-state index in [2.05, 4.69) is 21.9 Å². The van der Waals surface area contributed by atoms with Gasteiger partial charge in [-0.3, -0.25) is 0 Å². The first-order valence-electron chi connectivity index (χ1n) is 11.5. The van der Waals surface area contributed by atoms with Crippen LogP contribution in [0.1, 0.15) is 35.0 Å². The molecule has 0 bridgehead atoms. The van der Waals surface area contributed by atoms with Gasteiger partial charge < -0.3 is 25.3 Å². The largest absolute Gasteiger partial charge is 0.485 e. The van der Waals surface area contributed by atoms with E-state index in [-0.39, 0.29) is 5.69 Å². The van der Waals surface area contributed by atoms with E-state index < -0.39 is 17.8 Å². The van der Waals surface area contributed by atoms with E-state index in [1.54, 1.807) is 6.92 Å². The summed E-state index contributed by atoms with van der Waals surface area (Å²) in [6, 6.07) is 4.68. The standard InChI is InChI=1S/C26H25F3N4O3/c1-3-21(16-10-17(26(27,28)29)12-18(30)11-16)33-25-20-13-19(15-4-6-34-7-5-15)23-24(36-9-8-35-23)22(20)31-14(2)32-25/h3-4,10-13,21H,1,5-9,30H2,2H3,(H,31,32,33)/t21-/m1/s1. The summed E-state index contributed by atoms with van der Waals surface area (Å²) >= 11 is 0. The third-order valence-corrected chi connectivity index (χ3v) is 6.09. The average molecular weight is 499 g/mol. The van der Waals surface area contributed by atoms with Gasteiger partial charge in [0.05, 0.1) is 24.8 Å². The predicted octanol–water partition coefficient (Wildman–Crippen LogP) is 5.45. The molecule has 2 aromatic carbocycles. The van der Waals surface area contributed by atoms with Crippen molar-refractivity contribution in [3.8, 4) is 11.5 Å². The van der Waals surface area contributed by atoms with Crippen LogP contribution in [0.25, 0.3) is 16.5 Å². The number of ether oxygens (including phenoxy) is 3. The van der Waals surface area contributed by atoms with Gasteiger partial charge in [-0.2, -0.15) is 13.2 Å². The highest BCUT2D eigenvalue weighted by Crippen LogP contribution is 2.45. The average Bonchev–Trinajstić information content (AvgIpc) is 2.86. The van der Waals surface area contributed by atoms with Crippen LogP contribution in [0.3, 0.4) is 0 Å². The van der Waals surface area contributed by atoms with Gasteiger partial charge in [0.15, 0.2) is 11.5 Å². The van der Waals surface area contributed by atoms with Crippen molar-refractivity contribution in [1.29, 1.82) is 0 Å². The van der Waals surface area contributed by atoms with Crippen LogP contribution in [0.15, 0.2) is 43.0 Å². The lowest BCUT2D eigenvalue weighted by Gasteiger charge is -2.26. The maximum Gasteiger partial charge on any atom is 0.416 e. The maximum atomic E-state index is 13.4. The fourth-order valence-corrected chi connectivity index (χ4v) is 4.46. The summed E-state index contributed by atoms with van der Waals surface area (Å²) in [4.78, 5) is 9.19. The van der Waals surface area contributed by atoms with Crippen LogP contribution in [0.2, 0.25) is 0 Å². The predicted molar refractivity (Wildman–Crippen MR) is 131 cm³/mol. The Kier molecular flexibility index (Phi) is 6.21. The second kappa shape index (κ2) is 9.34. The number of benzene rings is 2. The molecule has 0 aliphatic carbocycles. The number of rotatable bonds is 5. The number of nitrogens with two attached hydrogens (primary N) is 1. The van der Waals surface area contributed by atoms with E-state index in [0.717, 1.165) is 23.3 Å². The minimum atomic E-state index is -4.53. The summed E-state index contributed by atoms with van der Waals surface area (Å²) in [5, 5.41) is 3.89. The smallest absolute Gasteiger partial charge is 0.416 e. The van der Waals surface area contributed by atoms with Crippen molar-refractivity contribution in [2.24, 2.45) is 0 Å². The molecule has 36 heavy (non-hydrogen) atoms. The molecule has 0 spiro atoms. The number of nitrogen functional groups attached to an aromatic ring is 1. The van der Waals surface area contributed by atoms with Crippen LogP contribution >= 0.6 is 0 Å². The highest BCUT2D eigenvalue weighted by molar-refractivity contribution is 5.99. The summed E-state index contributed by atoms with van der Waals surface area (Å²) in [5.74, 6) is 2.04. The molecule has 188 valence electrons. The monoisotopic (exact) mass is 498 g/mol. The molecule has 10 heteroatoms. The van der Waals surface area contributed by atoms with Gasteiger partial charge in [0.1, 0.15) is 30.4 Å². The molecule has 5 rings (SSSR count). The first-order chi connectivity index (χ1) is 17.2. The van der Waals surface area contributed by atoms with E-state index >= 15 is 0 Å². The Balaban J connectivity index is 1.65. The Labute approximate surface area is 205 Å². The summed E-state index contributed by atoms with van der Waals surface area (Å²) in [5.41, 5.74) is 7.76. The molecule has 1 atom stereocenters. The maximum absolute atomic E-state index is 13.4. The molecule has 0 amide bonds. The lowest BCUT2D eigenvalue weighted by Crippen LogP contribution is -2.18. The van der Waals surface area contributed by atoms with Crippen molar-refractivity contribution in [3.63, 3.8) is 0 Å². The molecule has 1 aromatic heterocycles. The van der Waals surface area contributed by atoms with Crippen molar-refractivity contribution in [2.45, 2.75) is 25.6 Å². The van der Waals surface area contributed by atoms with E-state index in [1.807, 2.05) is 12.1 Å². The second-order valence-corrected chi connectivity index (χ2v) is 8.59. The van der Waals surface area contributed by atoms with Crippen LogP contribution in [-0.4, -0.2) is 36.4 Å². The molecule has 0 unspecified atom stereocenters. The Morgan fingerprint density at radius 1 is 1.08 bits per heavy atom. The summed E-state index contributed by atoms with van der Waals surface area (Å²) in [6.07, 6.45) is -0.312. The zero-order valence-corrected chi connectivity index (χ0v) is 19.6. The van der Waals surface area contributed by atoms with Crippen LogP contribution in [0.4, 0.5) is 24.7 Å². The number of aryl methyl sites for hydroxylation is 1. The number of hydrogen-bond acceptors (Lipinski definition) is 7. The highest BCUT2D eigenvalue weighted by Gasteiger charge is 2.32. The van der Waals surface area contributed by atoms with Gasteiger partial charge in [-0.25, -0.2) is 9.97 Å². The Morgan fingerprint density at radius 2 is 1.86 bits per heavy atom. The van der Waals surface area contributed by atoms with Gasteiger partial charge in [-0.05, 0) is 48.7 Å². The fraction of sp³-hybridized carbons (Fsp3) is 0.308. The van der Waals surface area contributed by atoms with Gasteiger partial charge in [-0.1, -0.05) is 12.2 Å². The number of fused-ring (bicyclic) bond motifs is 3. The lowest BCUT2D eigenvalue weighted by atomic mass is 9.97. The third kappa shape index (κ3) is 4.56. The molecular weight excluding hydrogens is 473 g/mol.